The van der Waals surface area contributed by atoms with Gasteiger partial charge in [-0.2, -0.15) is 0 Å². The summed E-state index contributed by atoms with van der Waals surface area (Å²) in [6, 6.07) is 5.66. The van der Waals surface area contributed by atoms with Crippen molar-refractivity contribution in [1.82, 2.24) is 0 Å². The Morgan fingerprint density at radius 1 is 1.20 bits per heavy atom. The summed E-state index contributed by atoms with van der Waals surface area (Å²) in [5.41, 5.74) is 1.93. The molecule has 3 heteroatoms. The molecule has 0 N–H and O–H groups in total. The topological polar surface area (TPSA) is 38.7 Å². The predicted octanol–water partition coefficient (Wildman–Crippen LogP) is 4.74. The first-order chi connectivity index (χ1) is 9.25. The lowest BCUT2D eigenvalue weighted by Gasteiger charge is -2.16. The van der Waals surface area contributed by atoms with Gasteiger partial charge in [-0.1, -0.05) is 40.7 Å². The van der Waals surface area contributed by atoms with Gasteiger partial charge in [0, 0.05) is 11.5 Å². The van der Waals surface area contributed by atoms with Crippen LogP contribution in [0.1, 0.15) is 47.1 Å². The average molecular weight is 277 g/mol. The second-order valence-electron chi connectivity index (χ2n) is 5.43. The van der Waals surface area contributed by atoms with Crippen LogP contribution in [0.2, 0.25) is 0 Å². The van der Waals surface area contributed by atoms with Crippen LogP contribution in [-0.4, -0.2) is 18.6 Å². The molecule has 0 aromatic heterocycles. The molecule has 1 aromatic rings. The van der Waals surface area contributed by atoms with Crippen LogP contribution in [0.15, 0.2) is 23.2 Å². The van der Waals surface area contributed by atoms with Gasteiger partial charge in [0.1, 0.15) is 5.75 Å². The first-order valence-electron chi connectivity index (χ1n) is 7.00. The van der Waals surface area contributed by atoms with E-state index in [-0.39, 0.29) is 5.78 Å². The number of aryl methyl sites for hydroxylation is 1. The maximum Gasteiger partial charge on any atom is 0.182 e. The van der Waals surface area contributed by atoms with Crippen molar-refractivity contribution in [3.63, 3.8) is 0 Å². The summed E-state index contributed by atoms with van der Waals surface area (Å²) in [5.74, 6) is 0.806. The molecule has 0 unspecified atom stereocenters. The van der Waals surface area contributed by atoms with Crippen LogP contribution in [-0.2, 0) is 4.79 Å². The molecule has 0 bridgehead atoms. The SMILES string of the molecule is CC.COc1ccc(C)c(N=C(C)C(=O)C(C)(C)C)c1. The molecule has 1 rings (SSSR count). The zero-order chi connectivity index (χ0) is 15.9. The third-order valence-electron chi connectivity index (χ3n) is 2.71. The zero-order valence-electron chi connectivity index (χ0n) is 14.0. The fourth-order valence-electron chi connectivity index (χ4n) is 1.61. The van der Waals surface area contributed by atoms with Crippen molar-refractivity contribution in [2.45, 2.75) is 48.5 Å². The maximum absolute atomic E-state index is 12.1. The third-order valence-corrected chi connectivity index (χ3v) is 2.71. The minimum atomic E-state index is -0.402. The molecule has 0 spiro atoms. The molecule has 112 valence electrons. The van der Waals surface area contributed by atoms with Gasteiger partial charge < -0.3 is 4.74 Å². The summed E-state index contributed by atoms with van der Waals surface area (Å²) in [7, 11) is 1.62. The second kappa shape index (κ2) is 7.83. The molecular weight excluding hydrogens is 250 g/mol. The van der Waals surface area contributed by atoms with Gasteiger partial charge in [-0.15, -0.1) is 0 Å². The number of carbonyl (C=O) groups excluding carboxylic acids is 1. The Balaban J connectivity index is 0.00000172. The molecule has 0 aliphatic heterocycles. The molecular formula is C17H27NO2. The summed E-state index contributed by atoms with van der Waals surface area (Å²) >= 11 is 0. The highest BCUT2D eigenvalue weighted by molar-refractivity contribution is 6.41. The van der Waals surface area contributed by atoms with E-state index in [9.17, 15) is 4.79 Å². The van der Waals surface area contributed by atoms with Gasteiger partial charge in [0.25, 0.3) is 0 Å². The molecule has 0 heterocycles. The number of nitrogens with zero attached hydrogens (tertiary/aromatic N) is 1. The molecule has 1 aromatic carbocycles. The summed E-state index contributed by atoms with van der Waals surface area (Å²) in [6.07, 6.45) is 0. The van der Waals surface area contributed by atoms with Crippen molar-refractivity contribution in [3.05, 3.63) is 23.8 Å². The van der Waals surface area contributed by atoms with Crippen LogP contribution in [0, 0.1) is 12.3 Å². The Hall–Kier alpha value is -1.64. The normalized spacial score (nSPS) is 11.5. The highest BCUT2D eigenvalue weighted by Crippen LogP contribution is 2.25. The molecule has 3 nitrogen and oxygen atoms in total. The highest BCUT2D eigenvalue weighted by Gasteiger charge is 2.23. The van der Waals surface area contributed by atoms with Gasteiger partial charge in [0.2, 0.25) is 0 Å². The lowest BCUT2D eigenvalue weighted by Crippen LogP contribution is -2.26. The predicted molar refractivity (Wildman–Crippen MR) is 86.3 cm³/mol. The van der Waals surface area contributed by atoms with E-state index in [1.165, 1.54) is 0 Å². The van der Waals surface area contributed by atoms with E-state index in [0.29, 0.717) is 5.71 Å². The minimum Gasteiger partial charge on any atom is -0.497 e. The van der Waals surface area contributed by atoms with E-state index in [1.807, 2.05) is 59.7 Å². The molecule has 0 atom stereocenters. The smallest absolute Gasteiger partial charge is 0.182 e. The molecule has 0 amide bonds. The zero-order valence-corrected chi connectivity index (χ0v) is 14.0. The summed E-state index contributed by atoms with van der Waals surface area (Å²) in [4.78, 5) is 16.5. The number of methoxy groups -OCH3 is 1. The lowest BCUT2D eigenvalue weighted by molar-refractivity contribution is -0.119. The van der Waals surface area contributed by atoms with Crippen molar-refractivity contribution >= 4 is 17.2 Å². The molecule has 0 aliphatic carbocycles. The lowest BCUT2D eigenvalue weighted by atomic mass is 9.88. The van der Waals surface area contributed by atoms with Crippen molar-refractivity contribution < 1.29 is 9.53 Å². The summed E-state index contributed by atoms with van der Waals surface area (Å²) in [5, 5.41) is 0. The number of carbonyl (C=O) groups is 1. The number of hydrogen-bond acceptors (Lipinski definition) is 3. The number of hydrogen-bond donors (Lipinski definition) is 0. The van der Waals surface area contributed by atoms with E-state index >= 15 is 0 Å². The Morgan fingerprint density at radius 2 is 1.75 bits per heavy atom. The van der Waals surface area contributed by atoms with E-state index < -0.39 is 5.41 Å². The average Bonchev–Trinajstić information content (AvgIpc) is 2.41. The molecule has 20 heavy (non-hydrogen) atoms. The van der Waals surface area contributed by atoms with Crippen molar-refractivity contribution in [2.75, 3.05) is 7.11 Å². The fourth-order valence-corrected chi connectivity index (χ4v) is 1.61. The summed E-state index contributed by atoms with van der Waals surface area (Å²) in [6.45, 7) is 13.4. The largest absolute Gasteiger partial charge is 0.497 e. The number of ether oxygens (including phenoxy) is 1. The molecule has 0 saturated carbocycles. The van der Waals surface area contributed by atoms with Gasteiger partial charge in [-0.05, 0) is 25.5 Å². The van der Waals surface area contributed by atoms with Gasteiger partial charge >= 0.3 is 0 Å². The molecule has 0 aliphatic rings. The monoisotopic (exact) mass is 277 g/mol. The van der Waals surface area contributed by atoms with Crippen LogP contribution < -0.4 is 4.74 Å². The van der Waals surface area contributed by atoms with Gasteiger partial charge in [-0.25, -0.2) is 4.99 Å². The number of aliphatic imine (C=N–C) groups is 1. The van der Waals surface area contributed by atoms with Crippen LogP contribution in [0.4, 0.5) is 5.69 Å². The van der Waals surface area contributed by atoms with E-state index in [2.05, 4.69) is 4.99 Å². The third kappa shape index (κ3) is 5.16. The summed E-state index contributed by atoms with van der Waals surface area (Å²) < 4.78 is 5.16. The van der Waals surface area contributed by atoms with Gasteiger partial charge in [0.05, 0.1) is 18.5 Å². The Morgan fingerprint density at radius 3 is 2.20 bits per heavy atom. The molecule has 0 radical (unpaired) electrons. The standard InChI is InChI=1S/C15H21NO2.C2H6/c1-10-7-8-12(18-6)9-13(10)16-11(2)14(17)15(3,4)5;1-2/h7-9H,1-6H3;1-2H3. The number of ketones is 1. The van der Waals surface area contributed by atoms with Crippen molar-refractivity contribution in [3.8, 4) is 5.75 Å². The number of benzene rings is 1. The van der Waals surface area contributed by atoms with Gasteiger partial charge in [-0.3, -0.25) is 4.79 Å². The van der Waals surface area contributed by atoms with Crippen LogP contribution >= 0.6 is 0 Å². The van der Waals surface area contributed by atoms with Gasteiger partial charge in [0.15, 0.2) is 5.78 Å². The van der Waals surface area contributed by atoms with Crippen molar-refractivity contribution in [2.24, 2.45) is 10.4 Å². The first-order valence-corrected chi connectivity index (χ1v) is 7.00. The fraction of sp³-hybridized carbons (Fsp3) is 0.529. The van der Waals surface area contributed by atoms with E-state index in [0.717, 1.165) is 17.0 Å². The Labute approximate surface area is 123 Å². The Kier molecular flexibility index (Phi) is 7.19. The number of Topliss-reactive ketones (excluding diaryl/α,β-unsaturated/α-hetero) is 1. The highest BCUT2D eigenvalue weighted by atomic mass is 16.5. The maximum atomic E-state index is 12.1. The minimum absolute atomic E-state index is 0.0599. The van der Waals surface area contributed by atoms with Crippen molar-refractivity contribution in [1.29, 1.82) is 0 Å². The van der Waals surface area contributed by atoms with Crippen LogP contribution in [0.25, 0.3) is 0 Å². The van der Waals surface area contributed by atoms with E-state index in [4.69, 9.17) is 4.74 Å². The molecule has 0 saturated heterocycles. The quantitative estimate of drug-likeness (QED) is 0.749. The first kappa shape index (κ1) is 18.4. The van der Waals surface area contributed by atoms with Crippen LogP contribution in [0.5, 0.6) is 5.75 Å². The number of rotatable bonds is 3. The van der Waals surface area contributed by atoms with Crippen LogP contribution in [0.3, 0.4) is 0 Å². The Bertz CT molecular complexity index is 482. The van der Waals surface area contributed by atoms with E-state index in [1.54, 1.807) is 14.0 Å². The second-order valence-corrected chi connectivity index (χ2v) is 5.43. The molecule has 0 fully saturated rings.